The highest BCUT2D eigenvalue weighted by atomic mass is 16.4. The van der Waals surface area contributed by atoms with Crippen LogP contribution in [0.15, 0.2) is 43.6 Å². The fourth-order valence-corrected chi connectivity index (χ4v) is 1.44. The van der Waals surface area contributed by atoms with E-state index in [1.54, 1.807) is 12.1 Å². The van der Waals surface area contributed by atoms with Crippen molar-refractivity contribution in [3.8, 4) is 0 Å². The fraction of sp³-hybridized carbons (Fsp3) is 0.231. The summed E-state index contributed by atoms with van der Waals surface area (Å²) in [6.45, 7) is 9.51. The van der Waals surface area contributed by atoms with Gasteiger partial charge in [-0.1, -0.05) is 12.2 Å². The minimum Gasteiger partial charge on any atom is -0.478 e. The molecule has 90 valence electrons. The summed E-state index contributed by atoms with van der Waals surface area (Å²) in [7, 11) is 0. The van der Waals surface area contributed by atoms with E-state index in [0.29, 0.717) is 6.54 Å². The molecule has 0 saturated carbocycles. The number of nitrogens with zero attached hydrogens (tertiary/aromatic N) is 2. The SMILES string of the molecule is C=CCN(CC=C)Cc1ccc(C(=O)O)cn1. The smallest absolute Gasteiger partial charge is 0.337 e. The van der Waals surface area contributed by atoms with Gasteiger partial charge in [0.25, 0.3) is 0 Å². The molecule has 1 rings (SSSR count). The molecule has 0 aliphatic carbocycles. The summed E-state index contributed by atoms with van der Waals surface area (Å²) >= 11 is 0. The van der Waals surface area contributed by atoms with E-state index < -0.39 is 5.97 Å². The van der Waals surface area contributed by atoms with Crippen molar-refractivity contribution in [1.82, 2.24) is 9.88 Å². The van der Waals surface area contributed by atoms with Gasteiger partial charge in [-0.2, -0.15) is 0 Å². The summed E-state index contributed by atoms with van der Waals surface area (Å²) in [5.41, 5.74) is 1.03. The van der Waals surface area contributed by atoms with Crippen molar-refractivity contribution in [2.75, 3.05) is 13.1 Å². The van der Waals surface area contributed by atoms with Crippen LogP contribution in [0.1, 0.15) is 16.1 Å². The van der Waals surface area contributed by atoms with Gasteiger partial charge in [0.2, 0.25) is 0 Å². The lowest BCUT2D eigenvalue weighted by molar-refractivity contribution is 0.0696. The number of rotatable bonds is 7. The number of hydrogen-bond acceptors (Lipinski definition) is 3. The number of aromatic nitrogens is 1. The number of carboxylic acid groups (broad SMARTS) is 1. The molecule has 17 heavy (non-hydrogen) atoms. The zero-order valence-electron chi connectivity index (χ0n) is 9.67. The first-order valence-corrected chi connectivity index (χ1v) is 5.29. The Kier molecular flexibility index (Phi) is 5.10. The minimum atomic E-state index is -0.960. The summed E-state index contributed by atoms with van der Waals surface area (Å²) in [6, 6.07) is 3.29. The van der Waals surface area contributed by atoms with Crippen molar-refractivity contribution < 1.29 is 9.90 Å². The highest BCUT2D eigenvalue weighted by molar-refractivity contribution is 5.87. The maximum Gasteiger partial charge on any atom is 0.337 e. The number of carboxylic acids is 1. The summed E-state index contributed by atoms with van der Waals surface area (Å²) in [5.74, 6) is -0.960. The molecule has 0 radical (unpaired) electrons. The van der Waals surface area contributed by atoms with Crippen LogP contribution in [0.5, 0.6) is 0 Å². The summed E-state index contributed by atoms with van der Waals surface area (Å²) in [6.07, 6.45) is 5.00. The maximum atomic E-state index is 10.7. The van der Waals surface area contributed by atoms with Crippen LogP contribution in [0.2, 0.25) is 0 Å². The second-order valence-electron chi connectivity index (χ2n) is 3.61. The average molecular weight is 232 g/mol. The van der Waals surface area contributed by atoms with Crippen molar-refractivity contribution in [3.05, 3.63) is 54.9 Å². The predicted molar refractivity (Wildman–Crippen MR) is 66.9 cm³/mol. The molecule has 0 atom stereocenters. The van der Waals surface area contributed by atoms with Crippen LogP contribution < -0.4 is 0 Å². The predicted octanol–water partition coefficient (Wildman–Crippen LogP) is 1.95. The fourth-order valence-electron chi connectivity index (χ4n) is 1.44. The molecule has 4 heteroatoms. The van der Waals surface area contributed by atoms with Crippen molar-refractivity contribution in [2.45, 2.75) is 6.54 Å². The van der Waals surface area contributed by atoms with Crippen LogP contribution in [-0.2, 0) is 6.54 Å². The summed E-state index contributed by atoms with van der Waals surface area (Å²) in [4.78, 5) is 16.9. The highest BCUT2D eigenvalue weighted by Gasteiger charge is 2.06. The quantitative estimate of drug-likeness (QED) is 0.730. The van der Waals surface area contributed by atoms with E-state index in [9.17, 15) is 4.79 Å². The second kappa shape index (κ2) is 6.60. The lowest BCUT2D eigenvalue weighted by Crippen LogP contribution is -2.23. The third-order valence-electron chi connectivity index (χ3n) is 2.23. The Hall–Kier alpha value is -1.94. The first kappa shape index (κ1) is 13.1. The molecule has 0 bridgehead atoms. The van der Waals surface area contributed by atoms with Crippen molar-refractivity contribution in [2.24, 2.45) is 0 Å². The van der Waals surface area contributed by atoms with E-state index in [-0.39, 0.29) is 5.56 Å². The van der Waals surface area contributed by atoms with Crippen LogP contribution in [0.4, 0.5) is 0 Å². The van der Waals surface area contributed by atoms with E-state index in [1.165, 1.54) is 6.20 Å². The maximum absolute atomic E-state index is 10.7. The molecule has 4 nitrogen and oxygen atoms in total. The normalized spacial score (nSPS) is 10.2. The first-order valence-electron chi connectivity index (χ1n) is 5.29. The van der Waals surface area contributed by atoms with Gasteiger partial charge < -0.3 is 5.11 Å². The lowest BCUT2D eigenvalue weighted by atomic mass is 10.2. The Balaban J connectivity index is 2.68. The van der Waals surface area contributed by atoms with Crippen molar-refractivity contribution in [3.63, 3.8) is 0 Å². The Morgan fingerprint density at radius 1 is 1.35 bits per heavy atom. The largest absolute Gasteiger partial charge is 0.478 e. The molecule has 1 heterocycles. The van der Waals surface area contributed by atoms with Gasteiger partial charge in [0.15, 0.2) is 0 Å². The Morgan fingerprint density at radius 2 is 2.00 bits per heavy atom. The van der Waals surface area contributed by atoms with Crippen LogP contribution in [0.3, 0.4) is 0 Å². The molecule has 0 amide bonds. The standard InChI is InChI=1S/C13H16N2O2/c1-3-7-15(8-4-2)10-12-6-5-11(9-14-12)13(16)17/h3-6,9H,1-2,7-8,10H2,(H,16,17). The van der Waals surface area contributed by atoms with E-state index in [2.05, 4.69) is 23.0 Å². The van der Waals surface area contributed by atoms with Gasteiger partial charge >= 0.3 is 5.97 Å². The molecule has 0 unspecified atom stereocenters. The third-order valence-corrected chi connectivity index (χ3v) is 2.23. The Bertz CT molecular complexity index is 388. The van der Waals surface area contributed by atoms with Crippen LogP contribution in [-0.4, -0.2) is 34.0 Å². The van der Waals surface area contributed by atoms with Crippen LogP contribution >= 0.6 is 0 Å². The average Bonchev–Trinajstić information content (AvgIpc) is 2.30. The molecule has 0 saturated heterocycles. The topological polar surface area (TPSA) is 53.4 Å². The zero-order chi connectivity index (χ0) is 12.7. The van der Waals surface area contributed by atoms with Gasteiger partial charge in [-0.25, -0.2) is 4.79 Å². The Morgan fingerprint density at radius 3 is 2.41 bits per heavy atom. The van der Waals surface area contributed by atoms with Crippen LogP contribution in [0, 0.1) is 0 Å². The van der Waals surface area contributed by atoms with Gasteiger partial charge in [0, 0.05) is 25.8 Å². The zero-order valence-corrected chi connectivity index (χ0v) is 9.67. The summed E-state index contributed by atoms with van der Waals surface area (Å²) < 4.78 is 0. The van der Waals surface area contributed by atoms with Gasteiger partial charge in [0.1, 0.15) is 0 Å². The monoisotopic (exact) mass is 232 g/mol. The van der Waals surface area contributed by atoms with Gasteiger partial charge in [-0.3, -0.25) is 9.88 Å². The molecule has 1 aromatic rings. The second-order valence-corrected chi connectivity index (χ2v) is 3.61. The van der Waals surface area contributed by atoms with E-state index >= 15 is 0 Å². The molecule has 1 N–H and O–H groups in total. The van der Waals surface area contributed by atoms with Crippen molar-refractivity contribution >= 4 is 5.97 Å². The van der Waals surface area contributed by atoms with E-state index in [1.807, 2.05) is 12.2 Å². The molecular formula is C13H16N2O2. The van der Waals surface area contributed by atoms with Crippen LogP contribution in [0.25, 0.3) is 0 Å². The molecule has 0 aliphatic heterocycles. The highest BCUT2D eigenvalue weighted by Crippen LogP contribution is 2.04. The number of hydrogen-bond donors (Lipinski definition) is 1. The molecule has 0 spiro atoms. The van der Waals surface area contributed by atoms with Gasteiger partial charge in [0.05, 0.1) is 11.3 Å². The molecule has 0 fully saturated rings. The van der Waals surface area contributed by atoms with E-state index in [0.717, 1.165) is 18.8 Å². The molecule has 0 aliphatic rings. The van der Waals surface area contributed by atoms with Gasteiger partial charge in [-0.05, 0) is 12.1 Å². The molecule has 0 aromatic carbocycles. The first-order chi connectivity index (χ1) is 8.17. The van der Waals surface area contributed by atoms with Crippen molar-refractivity contribution in [1.29, 1.82) is 0 Å². The summed E-state index contributed by atoms with van der Waals surface area (Å²) in [5, 5.41) is 8.75. The van der Waals surface area contributed by atoms with Gasteiger partial charge in [-0.15, -0.1) is 13.2 Å². The Labute approximate surface area is 101 Å². The number of aromatic carboxylic acids is 1. The number of carbonyl (C=O) groups is 1. The number of pyridine rings is 1. The minimum absolute atomic E-state index is 0.202. The molecular weight excluding hydrogens is 216 g/mol. The lowest BCUT2D eigenvalue weighted by Gasteiger charge is -2.17. The third kappa shape index (κ3) is 4.20. The van der Waals surface area contributed by atoms with E-state index in [4.69, 9.17) is 5.11 Å². The molecule has 1 aromatic heterocycles.